The Morgan fingerprint density at radius 2 is 1.53 bits per heavy atom. The molecular formula is C25H34N2O5. The van der Waals surface area contributed by atoms with Gasteiger partial charge in [-0.15, -0.1) is 0 Å². The summed E-state index contributed by atoms with van der Waals surface area (Å²) in [5.41, 5.74) is 2.88. The first-order valence-electron chi connectivity index (χ1n) is 11.4. The van der Waals surface area contributed by atoms with Crippen LogP contribution < -0.4 is 24.4 Å². The second-order valence-electron chi connectivity index (χ2n) is 7.37. The maximum atomic E-state index is 12.8. The van der Waals surface area contributed by atoms with E-state index in [0.29, 0.717) is 49.2 Å². The van der Waals surface area contributed by atoms with Crippen LogP contribution in [-0.2, 0) is 11.2 Å². The molecule has 1 aliphatic rings. The van der Waals surface area contributed by atoms with Crippen molar-refractivity contribution in [1.82, 2.24) is 5.32 Å². The number of morpholine rings is 1. The summed E-state index contributed by atoms with van der Waals surface area (Å²) in [6, 6.07) is 11.9. The third-order valence-electron chi connectivity index (χ3n) is 5.18. The van der Waals surface area contributed by atoms with Crippen LogP contribution in [0.4, 0.5) is 5.69 Å². The van der Waals surface area contributed by atoms with E-state index in [1.54, 1.807) is 12.1 Å². The quantitative estimate of drug-likeness (QED) is 0.572. The Kier molecular flexibility index (Phi) is 9.04. The summed E-state index contributed by atoms with van der Waals surface area (Å²) < 4.78 is 22.5. The van der Waals surface area contributed by atoms with E-state index in [2.05, 4.69) is 34.5 Å². The number of benzene rings is 2. The van der Waals surface area contributed by atoms with Gasteiger partial charge >= 0.3 is 0 Å². The molecular weight excluding hydrogens is 408 g/mol. The van der Waals surface area contributed by atoms with E-state index >= 15 is 0 Å². The molecule has 1 saturated heterocycles. The highest BCUT2D eigenvalue weighted by molar-refractivity contribution is 5.95. The van der Waals surface area contributed by atoms with Crippen molar-refractivity contribution in [2.24, 2.45) is 0 Å². The zero-order valence-electron chi connectivity index (χ0n) is 19.3. The summed E-state index contributed by atoms with van der Waals surface area (Å²) >= 11 is 0. The number of carbonyl (C=O) groups excluding carboxylic acids is 1. The van der Waals surface area contributed by atoms with Gasteiger partial charge < -0.3 is 29.2 Å². The van der Waals surface area contributed by atoms with Crippen molar-refractivity contribution >= 4 is 11.6 Å². The molecule has 0 radical (unpaired) electrons. The molecule has 7 heteroatoms. The molecule has 7 nitrogen and oxygen atoms in total. The Morgan fingerprint density at radius 3 is 2.09 bits per heavy atom. The second kappa shape index (κ2) is 12.2. The summed E-state index contributed by atoms with van der Waals surface area (Å²) in [6.07, 6.45) is 0.753. The molecule has 0 atom stereocenters. The number of ether oxygens (including phenoxy) is 4. The number of rotatable bonds is 11. The average molecular weight is 443 g/mol. The minimum atomic E-state index is -0.167. The lowest BCUT2D eigenvalue weighted by molar-refractivity contribution is 0.0953. The zero-order valence-corrected chi connectivity index (χ0v) is 19.3. The molecule has 1 heterocycles. The summed E-state index contributed by atoms with van der Waals surface area (Å²) in [5, 5.41) is 3.00. The SMILES string of the molecule is CCOc1cc(C(=O)NCCc2ccc(N3CCOCC3)cc2)cc(OCC)c1OCC. The number of anilines is 1. The molecule has 0 spiro atoms. The molecule has 0 saturated carbocycles. The molecule has 1 amide bonds. The number of nitrogens with zero attached hydrogens (tertiary/aromatic N) is 1. The Balaban J connectivity index is 1.61. The van der Waals surface area contributed by atoms with Crippen LogP contribution in [0.25, 0.3) is 0 Å². The minimum absolute atomic E-state index is 0.167. The van der Waals surface area contributed by atoms with Crippen LogP contribution in [0.1, 0.15) is 36.7 Å². The zero-order chi connectivity index (χ0) is 22.8. The maximum absolute atomic E-state index is 12.8. The molecule has 32 heavy (non-hydrogen) atoms. The van der Waals surface area contributed by atoms with Gasteiger partial charge in [0.05, 0.1) is 33.0 Å². The molecule has 0 bridgehead atoms. The summed E-state index contributed by atoms with van der Waals surface area (Å²) in [7, 11) is 0. The smallest absolute Gasteiger partial charge is 0.251 e. The van der Waals surface area contributed by atoms with Crippen LogP contribution in [0.2, 0.25) is 0 Å². The number of hydrogen-bond donors (Lipinski definition) is 1. The first-order valence-corrected chi connectivity index (χ1v) is 11.4. The van der Waals surface area contributed by atoms with Gasteiger partial charge in [-0.25, -0.2) is 0 Å². The standard InChI is InChI=1S/C25H34N2O5/c1-4-30-22-17-20(18-23(31-5-2)24(22)32-6-3)25(28)26-12-11-19-7-9-21(10-8-19)27-13-15-29-16-14-27/h7-10,17-18H,4-6,11-16H2,1-3H3,(H,26,28). The van der Waals surface area contributed by atoms with E-state index in [9.17, 15) is 4.79 Å². The van der Waals surface area contributed by atoms with Gasteiger partial charge in [0.25, 0.3) is 5.91 Å². The second-order valence-corrected chi connectivity index (χ2v) is 7.37. The molecule has 0 unspecified atom stereocenters. The van der Waals surface area contributed by atoms with Gasteiger partial charge in [0.15, 0.2) is 11.5 Å². The van der Waals surface area contributed by atoms with Crippen LogP contribution in [0.5, 0.6) is 17.2 Å². The van der Waals surface area contributed by atoms with Crippen LogP contribution in [0.3, 0.4) is 0 Å². The van der Waals surface area contributed by atoms with Gasteiger partial charge in [-0.2, -0.15) is 0 Å². The van der Waals surface area contributed by atoms with Crippen molar-refractivity contribution < 1.29 is 23.7 Å². The van der Waals surface area contributed by atoms with Gasteiger partial charge in [-0.05, 0) is 57.0 Å². The molecule has 0 aliphatic carbocycles. The van der Waals surface area contributed by atoms with Crippen molar-refractivity contribution in [1.29, 1.82) is 0 Å². The van der Waals surface area contributed by atoms with E-state index < -0.39 is 0 Å². The highest BCUT2D eigenvalue weighted by Crippen LogP contribution is 2.39. The average Bonchev–Trinajstić information content (AvgIpc) is 2.82. The molecule has 1 N–H and O–H groups in total. The van der Waals surface area contributed by atoms with Gasteiger partial charge in [0.2, 0.25) is 5.75 Å². The molecule has 0 aromatic heterocycles. The molecule has 174 valence electrons. The Labute approximate surface area is 190 Å². The molecule has 3 rings (SSSR count). The van der Waals surface area contributed by atoms with E-state index in [4.69, 9.17) is 18.9 Å². The Bertz CT molecular complexity index is 836. The summed E-state index contributed by atoms with van der Waals surface area (Å²) in [4.78, 5) is 15.1. The van der Waals surface area contributed by atoms with Gasteiger partial charge in [0, 0.05) is 30.9 Å². The highest BCUT2D eigenvalue weighted by atomic mass is 16.5. The lowest BCUT2D eigenvalue weighted by Gasteiger charge is -2.28. The Morgan fingerprint density at radius 1 is 0.938 bits per heavy atom. The van der Waals surface area contributed by atoms with Crippen LogP contribution in [0.15, 0.2) is 36.4 Å². The van der Waals surface area contributed by atoms with Crippen molar-refractivity contribution in [3.63, 3.8) is 0 Å². The third kappa shape index (κ3) is 6.29. The van der Waals surface area contributed by atoms with Gasteiger partial charge in [-0.3, -0.25) is 4.79 Å². The first kappa shape index (κ1) is 23.7. The van der Waals surface area contributed by atoms with Crippen LogP contribution in [-0.4, -0.2) is 58.6 Å². The van der Waals surface area contributed by atoms with E-state index in [1.807, 2.05) is 20.8 Å². The normalized spacial score (nSPS) is 13.5. The predicted molar refractivity (Wildman–Crippen MR) is 125 cm³/mol. The number of nitrogens with one attached hydrogen (secondary N) is 1. The lowest BCUT2D eigenvalue weighted by Crippen LogP contribution is -2.36. The van der Waals surface area contributed by atoms with Gasteiger partial charge in [0.1, 0.15) is 0 Å². The fourth-order valence-corrected chi connectivity index (χ4v) is 3.64. The highest BCUT2D eigenvalue weighted by Gasteiger charge is 2.18. The van der Waals surface area contributed by atoms with E-state index in [0.717, 1.165) is 32.7 Å². The Hall–Kier alpha value is -2.93. The largest absolute Gasteiger partial charge is 0.490 e. The molecule has 2 aromatic carbocycles. The lowest BCUT2D eigenvalue weighted by atomic mass is 10.1. The topological polar surface area (TPSA) is 69.3 Å². The fourth-order valence-electron chi connectivity index (χ4n) is 3.64. The van der Waals surface area contributed by atoms with Crippen molar-refractivity contribution in [2.75, 3.05) is 57.6 Å². The fraction of sp³-hybridized carbons (Fsp3) is 0.480. The third-order valence-corrected chi connectivity index (χ3v) is 5.18. The molecule has 1 aliphatic heterocycles. The van der Waals surface area contributed by atoms with Crippen LogP contribution in [0, 0.1) is 0 Å². The minimum Gasteiger partial charge on any atom is -0.490 e. The van der Waals surface area contributed by atoms with Gasteiger partial charge in [-0.1, -0.05) is 12.1 Å². The number of amides is 1. The van der Waals surface area contributed by atoms with Crippen molar-refractivity contribution in [3.8, 4) is 17.2 Å². The molecule has 2 aromatic rings. The van der Waals surface area contributed by atoms with Crippen molar-refractivity contribution in [2.45, 2.75) is 27.2 Å². The number of carbonyl (C=O) groups is 1. The van der Waals surface area contributed by atoms with Crippen LogP contribution >= 0.6 is 0 Å². The monoisotopic (exact) mass is 442 g/mol. The van der Waals surface area contributed by atoms with E-state index in [1.165, 1.54) is 11.3 Å². The predicted octanol–water partition coefficient (Wildman–Crippen LogP) is 3.69. The molecule has 1 fully saturated rings. The maximum Gasteiger partial charge on any atom is 0.251 e. The van der Waals surface area contributed by atoms with Crippen molar-refractivity contribution in [3.05, 3.63) is 47.5 Å². The summed E-state index contributed by atoms with van der Waals surface area (Å²) in [5.74, 6) is 1.40. The first-order chi connectivity index (χ1) is 15.7. The number of hydrogen-bond acceptors (Lipinski definition) is 6. The van der Waals surface area contributed by atoms with E-state index in [-0.39, 0.29) is 5.91 Å². The summed E-state index contributed by atoms with van der Waals surface area (Å²) in [6.45, 7) is 11.0.